The third-order valence-corrected chi connectivity index (χ3v) is 5.25. The molecule has 3 unspecified atom stereocenters. The van der Waals surface area contributed by atoms with Crippen molar-refractivity contribution in [1.82, 2.24) is 4.90 Å². The van der Waals surface area contributed by atoms with E-state index in [-0.39, 0.29) is 0 Å². The summed E-state index contributed by atoms with van der Waals surface area (Å²) in [6.45, 7) is 6.23. The van der Waals surface area contributed by atoms with Crippen molar-refractivity contribution in [3.8, 4) is 5.75 Å². The zero-order valence-corrected chi connectivity index (χ0v) is 13.1. The molecule has 3 rings (SSSR count). The molecular weight excluding hydrogens is 260 g/mol. The van der Waals surface area contributed by atoms with Crippen LogP contribution in [-0.4, -0.2) is 30.6 Å². The van der Waals surface area contributed by atoms with Gasteiger partial charge >= 0.3 is 0 Å². The molecule has 1 aromatic carbocycles. The molecule has 1 saturated carbocycles. The van der Waals surface area contributed by atoms with Gasteiger partial charge in [-0.1, -0.05) is 31.5 Å². The summed E-state index contributed by atoms with van der Waals surface area (Å²) in [4.78, 5) is 2.54. The Morgan fingerprint density at radius 1 is 1.29 bits per heavy atom. The van der Waals surface area contributed by atoms with Crippen LogP contribution in [0.2, 0.25) is 0 Å². The van der Waals surface area contributed by atoms with Crippen molar-refractivity contribution < 1.29 is 4.74 Å². The average Bonchev–Trinajstić information content (AvgIpc) is 2.71. The molecule has 0 spiro atoms. The van der Waals surface area contributed by atoms with Crippen LogP contribution in [0.1, 0.15) is 38.2 Å². The zero-order valence-electron chi connectivity index (χ0n) is 13.1. The Hall–Kier alpha value is -1.06. The van der Waals surface area contributed by atoms with Gasteiger partial charge in [-0.3, -0.25) is 4.90 Å². The Bertz CT molecular complexity index is 462. The lowest BCUT2D eigenvalue weighted by Gasteiger charge is -2.36. The summed E-state index contributed by atoms with van der Waals surface area (Å²) in [6, 6.07) is 8.80. The number of nitrogens with two attached hydrogens (primary N) is 1. The fourth-order valence-corrected chi connectivity index (χ4v) is 3.83. The topological polar surface area (TPSA) is 38.5 Å². The zero-order chi connectivity index (χ0) is 14.7. The van der Waals surface area contributed by atoms with Crippen molar-refractivity contribution >= 4 is 0 Å². The van der Waals surface area contributed by atoms with Crippen LogP contribution in [0.4, 0.5) is 0 Å². The van der Waals surface area contributed by atoms with Gasteiger partial charge in [-0.15, -0.1) is 0 Å². The molecule has 1 fully saturated rings. The van der Waals surface area contributed by atoms with Crippen LogP contribution < -0.4 is 10.5 Å². The Balaban J connectivity index is 1.64. The molecule has 3 atom stereocenters. The van der Waals surface area contributed by atoms with E-state index in [2.05, 4.69) is 36.1 Å². The van der Waals surface area contributed by atoms with Gasteiger partial charge in [0.1, 0.15) is 12.4 Å². The number of rotatable bonds is 3. The van der Waals surface area contributed by atoms with Gasteiger partial charge in [0, 0.05) is 31.2 Å². The smallest absolute Gasteiger partial charge is 0.123 e. The molecular formula is C18H28N2O. The second-order valence-corrected chi connectivity index (χ2v) is 6.70. The molecule has 0 amide bonds. The van der Waals surface area contributed by atoms with Crippen LogP contribution in [0, 0.1) is 11.8 Å². The van der Waals surface area contributed by atoms with Gasteiger partial charge in [0.2, 0.25) is 0 Å². The standard InChI is InChI=1S/C18H28N2O/c1-2-14-7-8-17(19)16(11-14)13-20-9-10-21-18-6-4-3-5-15(18)12-20/h3-6,14,16-17H,2,7-13,19H2,1H3. The lowest BCUT2D eigenvalue weighted by atomic mass is 9.77. The van der Waals surface area contributed by atoms with Crippen molar-refractivity contribution in [2.75, 3.05) is 19.7 Å². The summed E-state index contributed by atoms with van der Waals surface area (Å²) in [5.41, 5.74) is 7.70. The Kier molecular flexibility index (Phi) is 4.81. The Morgan fingerprint density at radius 3 is 3.00 bits per heavy atom. The monoisotopic (exact) mass is 288 g/mol. The van der Waals surface area contributed by atoms with E-state index in [9.17, 15) is 0 Å². The van der Waals surface area contributed by atoms with Crippen LogP contribution in [-0.2, 0) is 6.54 Å². The molecule has 3 heteroatoms. The SMILES string of the molecule is CCC1CCC(N)C(CN2CCOc3ccccc3C2)C1. The van der Waals surface area contributed by atoms with E-state index in [0.717, 1.165) is 37.9 Å². The Labute approximate surface area is 128 Å². The molecule has 21 heavy (non-hydrogen) atoms. The molecule has 1 aliphatic heterocycles. The maximum Gasteiger partial charge on any atom is 0.123 e. The summed E-state index contributed by atoms with van der Waals surface area (Å²) in [7, 11) is 0. The molecule has 0 radical (unpaired) electrons. The largest absolute Gasteiger partial charge is 0.492 e. The Morgan fingerprint density at radius 2 is 2.14 bits per heavy atom. The first-order valence-corrected chi connectivity index (χ1v) is 8.45. The fraction of sp³-hybridized carbons (Fsp3) is 0.667. The first kappa shape index (κ1) is 14.9. The summed E-state index contributed by atoms with van der Waals surface area (Å²) in [6.07, 6.45) is 5.12. The molecule has 1 heterocycles. The van der Waals surface area contributed by atoms with Gasteiger partial charge in [0.05, 0.1) is 0 Å². The summed E-state index contributed by atoms with van der Waals surface area (Å²) in [5, 5.41) is 0. The second-order valence-electron chi connectivity index (χ2n) is 6.70. The molecule has 0 aromatic heterocycles. The van der Waals surface area contributed by atoms with E-state index in [1.165, 1.54) is 31.2 Å². The lowest BCUT2D eigenvalue weighted by molar-refractivity contribution is 0.142. The second kappa shape index (κ2) is 6.80. The predicted octanol–water partition coefficient (Wildman–Crippen LogP) is 3.03. The normalized spacial score (nSPS) is 30.3. The number of nitrogens with zero attached hydrogens (tertiary/aromatic N) is 1. The number of para-hydroxylation sites is 1. The maximum absolute atomic E-state index is 6.39. The van der Waals surface area contributed by atoms with E-state index >= 15 is 0 Å². The van der Waals surface area contributed by atoms with Crippen molar-refractivity contribution in [3.05, 3.63) is 29.8 Å². The highest BCUT2D eigenvalue weighted by atomic mass is 16.5. The van der Waals surface area contributed by atoms with Crippen LogP contribution >= 0.6 is 0 Å². The highest BCUT2D eigenvalue weighted by Gasteiger charge is 2.29. The number of fused-ring (bicyclic) bond motifs is 1. The van der Waals surface area contributed by atoms with Gasteiger partial charge in [0.15, 0.2) is 0 Å². The summed E-state index contributed by atoms with van der Waals surface area (Å²) in [5.74, 6) is 2.58. The van der Waals surface area contributed by atoms with Crippen molar-refractivity contribution in [2.24, 2.45) is 17.6 Å². The molecule has 1 aromatic rings. The van der Waals surface area contributed by atoms with Gasteiger partial charge in [0.25, 0.3) is 0 Å². The first-order chi connectivity index (χ1) is 10.3. The molecule has 3 nitrogen and oxygen atoms in total. The van der Waals surface area contributed by atoms with Gasteiger partial charge in [-0.05, 0) is 37.2 Å². The molecule has 116 valence electrons. The highest BCUT2D eigenvalue weighted by Crippen LogP contribution is 2.32. The van der Waals surface area contributed by atoms with E-state index < -0.39 is 0 Å². The van der Waals surface area contributed by atoms with Crippen molar-refractivity contribution in [1.29, 1.82) is 0 Å². The van der Waals surface area contributed by atoms with E-state index in [1.54, 1.807) is 0 Å². The quantitative estimate of drug-likeness (QED) is 0.929. The van der Waals surface area contributed by atoms with E-state index in [1.807, 2.05) is 0 Å². The molecule has 0 saturated heterocycles. The van der Waals surface area contributed by atoms with Crippen LogP contribution in [0.5, 0.6) is 5.75 Å². The van der Waals surface area contributed by atoms with Gasteiger partial charge in [-0.25, -0.2) is 0 Å². The minimum absolute atomic E-state index is 0.382. The molecule has 2 aliphatic rings. The number of hydrogen-bond donors (Lipinski definition) is 1. The summed E-state index contributed by atoms with van der Waals surface area (Å²) < 4.78 is 5.86. The third kappa shape index (κ3) is 3.58. The number of ether oxygens (including phenoxy) is 1. The fourth-order valence-electron chi connectivity index (χ4n) is 3.83. The first-order valence-electron chi connectivity index (χ1n) is 8.45. The van der Waals surface area contributed by atoms with Crippen LogP contribution in [0.3, 0.4) is 0 Å². The van der Waals surface area contributed by atoms with Gasteiger partial charge < -0.3 is 10.5 Å². The van der Waals surface area contributed by atoms with Crippen molar-refractivity contribution in [2.45, 2.75) is 45.2 Å². The third-order valence-electron chi connectivity index (χ3n) is 5.25. The minimum Gasteiger partial charge on any atom is -0.492 e. The predicted molar refractivity (Wildman–Crippen MR) is 86.3 cm³/mol. The van der Waals surface area contributed by atoms with E-state index in [4.69, 9.17) is 10.5 Å². The number of hydrogen-bond acceptors (Lipinski definition) is 3. The lowest BCUT2D eigenvalue weighted by Crippen LogP contribution is -2.43. The van der Waals surface area contributed by atoms with Crippen LogP contribution in [0.15, 0.2) is 24.3 Å². The summed E-state index contributed by atoms with van der Waals surface area (Å²) >= 11 is 0. The minimum atomic E-state index is 0.382. The molecule has 0 bridgehead atoms. The van der Waals surface area contributed by atoms with E-state index in [0.29, 0.717) is 12.0 Å². The average molecular weight is 288 g/mol. The highest BCUT2D eigenvalue weighted by molar-refractivity contribution is 5.33. The number of benzene rings is 1. The van der Waals surface area contributed by atoms with Crippen LogP contribution in [0.25, 0.3) is 0 Å². The van der Waals surface area contributed by atoms with Crippen molar-refractivity contribution in [3.63, 3.8) is 0 Å². The van der Waals surface area contributed by atoms with Gasteiger partial charge in [-0.2, -0.15) is 0 Å². The molecule has 2 N–H and O–H groups in total. The maximum atomic E-state index is 6.39. The molecule has 1 aliphatic carbocycles.